The van der Waals surface area contributed by atoms with Gasteiger partial charge < -0.3 is 14.8 Å². The molecule has 1 heterocycles. The number of piperidine rings is 1. The zero-order valence-corrected chi connectivity index (χ0v) is 12.5. The number of hydrogen-bond donors (Lipinski definition) is 2. The van der Waals surface area contributed by atoms with E-state index in [1.165, 1.54) is 14.2 Å². The average Bonchev–Trinajstić information content (AvgIpc) is 2.46. The molecule has 0 aromatic heterocycles. The number of hydrogen-bond acceptors (Lipinski definition) is 6. The van der Waals surface area contributed by atoms with E-state index in [0.717, 1.165) is 19.4 Å². The SMILES string of the molecule is COCCNC(=O)NC(=O)CN1CCCC(C(=O)OC)C1. The first-order valence-corrected chi connectivity index (χ1v) is 6.93. The topological polar surface area (TPSA) is 97.0 Å². The minimum absolute atomic E-state index is 0.0885. The lowest BCUT2D eigenvalue weighted by atomic mass is 9.98. The number of esters is 1. The first-order valence-electron chi connectivity index (χ1n) is 6.93. The van der Waals surface area contributed by atoms with E-state index in [-0.39, 0.29) is 18.4 Å². The number of rotatable bonds is 6. The van der Waals surface area contributed by atoms with Crippen LogP contribution in [0.25, 0.3) is 0 Å². The first kappa shape index (κ1) is 17.4. The summed E-state index contributed by atoms with van der Waals surface area (Å²) in [4.78, 5) is 36.5. The fourth-order valence-corrected chi connectivity index (χ4v) is 2.24. The van der Waals surface area contributed by atoms with Gasteiger partial charge in [-0.15, -0.1) is 0 Å². The van der Waals surface area contributed by atoms with Crippen molar-refractivity contribution >= 4 is 17.9 Å². The second-order valence-corrected chi connectivity index (χ2v) is 4.89. The summed E-state index contributed by atoms with van der Waals surface area (Å²) in [5.41, 5.74) is 0. The monoisotopic (exact) mass is 301 g/mol. The molecule has 1 atom stereocenters. The summed E-state index contributed by atoms with van der Waals surface area (Å²) in [6, 6.07) is -0.543. The molecule has 0 spiro atoms. The lowest BCUT2D eigenvalue weighted by molar-refractivity contribution is -0.147. The molecule has 0 saturated carbocycles. The number of methoxy groups -OCH3 is 2. The van der Waals surface area contributed by atoms with Gasteiger partial charge in [0.1, 0.15) is 0 Å². The number of carbonyl (C=O) groups excluding carboxylic acids is 3. The minimum atomic E-state index is -0.543. The standard InChI is InChI=1S/C13H23N3O5/c1-20-7-5-14-13(19)15-11(17)9-16-6-3-4-10(8-16)12(18)21-2/h10H,3-9H2,1-2H3,(H2,14,15,17,19). The zero-order chi connectivity index (χ0) is 15.7. The molecule has 120 valence electrons. The molecule has 1 rings (SSSR count). The maximum absolute atomic E-state index is 11.7. The predicted octanol–water partition coefficient (Wildman–Crippen LogP) is -0.656. The first-order chi connectivity index (χ1) is 10.1. The third kappa shape index (κ3) is 6.54. The van der Waals surface area contributed by atoms with Gasteiger partial charge >= 0.3 is 12.0 Å². The van der Waals surface area contributed by atoms with Crippen LogP contribution in [0.4, 0.5) is 4.79 Å². The molecule has 1 unspecified atom stereocenters. The van der Waals surface area contributed by atoms with Crippen molar-refractivity contribution in [1.29, 1.82) is 0 Å². The maximum atomic E-state index is 11.7. The number of urea groups is 1. The number of carbonyl (C=O) groups is 3. The average molecular weight is 301 g/mol. The zero-order valence-electron chi connectivity index (χ0n) is 12.5. The lowest BCUT2D eigenvalue weighted by Gasteiger charge is -2.30. The van der Waals surface area contributed by atoms with Gasteiger partial charge in [0.15, 0.2) is 0 Å². The third-order valence-corrected chi connectivity index (χ3v) is 3.25. The van der Waals surface area contributed by atoms with Crippen molar-refractivity contribution in [3.63, 3.8) is 0 Å². The highest BCUT2D eigenvalue weighted by molar-refractivity contribution is 5.95. The van der Waals surface area contributed by atoms with E-state index in [2.05, 4.69) is 10.6 Å². The second kappa shape index (κ2) is 9.30. The van der Waals surface area contributed by atoms with Crippen molar-refractivity contribution in [2.45, 2.75) is 12.8 Å². The molecule has 1 saturated heterocycles. The van der Waals surface area contributed by atoms with E-state index in [1.807, 2.05) is 4.90 Å². The van der Waals surface area contributed by atoms with Crippen molar-refractivity contribution in [3.8, 4) is 0 Å². The molecule has 8 heteroatoms. The summed E-state index contributed by atoms with van der Waals surface area (Å²) in [5.74, 6) is -0.847. The van der Waals surface area contributed by atoms with Crippen LogP contribution in [0.1, 0.15) is 12.8 Å². The highest BCUT2D eigenvalue weighted by Crippen LogP contribution is 2.17. The molecule has 0 aromatic rings. The van der Waals surface area contributed by atoms with Crippen molar-refractivity contribution in [1.82, 2.24) is 15.5 Å². The maximum Gasteiger partial charge on any atom is 0.321 e. The quantitative estimate of drug-likeness (QED) is 0.499. The Morgan fingerprint density at radius 2 is 2.05 bits per heavy atom. The Morgan fingerprint density at radius 1 is 1.29 bits per heavy atom. The van der Waals surface area contributed by atoms with Gasteiger partial charge in [0.25, 0.3) is 0 Å². The van der Waals surface area contributed by atoms with Crippen LogP contribution in [-0.2, 0) is 19.1 Å². The molecule has 3 amide bonds. The Bertz CT molecular complexity index is 375. The van der Waals surface area contributed by atoms with E-state index in [4.69, 9.17) is 9.47 Å². The summed E-state index contributed by atoms with van der Waals surface area (Å²) < 4.78 is 9.50. The molecule has 0 bridgehead atoms. The molecule has 1 aliphatic rings. The highest BCUT2D eigenvalue weighted by atomic mass is 16.5. The van der Waals surface area contributed by atoms with Crippen molar-refractivity contribution in [2.24, 2.45) is 5.92 Å². The van der Waals surface area contributed by atoms with E-state index in [9.17, 15) is 14.4 Å². The molecule has 0 radical (unpaired) electrons. The number of imide groups is 1. The molecular formula is C13H23N3O5. The van der Waals surface area contributed by atoms with Crippen LogP contribution in [0.2, 0.25) is 0 Å². The van der Waals surface area contributed by atoms with Gasteiger partial charge in [-0.25, -0.2) is 4.79 Å². The Hall–Kier alpha value is -1.67. The number of amides is 3. The Balaban J connectivity index is 2.30. The molecule has 1 aliphatic heterocycles. The largest absolute Gasteiger partial charge is 0.469 e. The molecule has 0 aliphatic carbocycles. The van der Waals surface area contributed by atoms with Crippen LogP contribution >= 0.6 is 0 Å². The fourth-order valence-electron chi connectivity index (χ4n) is 2.24. The van der Waals surface area contributed by atoms with Gasteiger partial charge in [-0.2, -0.15) is 0 Å². The van der Waals surface area contributed by atoms with Gasteiger partial charge in [0.2, 0.25) is 5.91 Å². The Labute approximate surface area is 124 Å². The number of nitrogens with zero attached hydrogens (tertiary/aromatic N) is 1. The lowest BCUT2D eigenvalue weighted by Crippen LogP contribution is -2.48. The van der Waals surface area contributed by atoms with E-state index >= 15 is 0 Å². The highest BCUT2D eigenvalue weighted by Gasteiger charge is 2.27. The van der Waals surface area contributed by atoms with Crippen LogP contribution in [0.5, 0.6) is 0 Å². The summed E-state index contributed by atoms with van der Waals surface area (Å²) >= 11 is 0. The second-order valence-electron chi connectivity index (χ2n) is 4.89. The molecule has 8 nitrogen and oxygen atoms in total. The third-order valence-electron chi connectivity index (χ3n) is 3.25. The van der Waals surface area contributed by atoms with Crippen molar-refractivity contribution in [3.05, 3.63) is 0 Å². The number of likely N-dealkylation sites (tertiary alicyclic amines) is 1. The smallest absolute Gasteiger partial charge is 0.321 e. The Morgan fingerprint density at radius 3 is 2.71 bits per heavy atom. The van der Waals surface area contributed by atoms with Gasteiger partial charge in [-0.3, -0.25) is 19.8 Å². The molecule has 0 aromatic carbocycles. The van der Waals surface area contributed by atoms with Crippen LogP contribution in [0.15, 0.2) is 0 Å². The Kier molecular flexibility index (Phi) is 7.70. The molecule has 21 heavy (non-hydrogen) atoms. The van der Waals surface area contributed by atoms with E-state index in [0.29, 0.717) is 19.7 Å². The van der Waals surface area contributed by atoms with Gasteiger partial charge in [0, 0.05) is 20.2 Å². The van der Waals surface area contributed by atoms with Crippen molar-refractivity contribution in [2.75, 3.05) is 47.0 Å². The summed E-state index contributed by atoms with van der Waals surface area (Å²) in [5, 5.41) is 4.74. The fraction of sp³-hybridized carbons (Fsp3) is 0.769. The van der Waals surface area contributed by atoms with Gasteiger partial charge in [-0.1, -0.05) is 0 Å². The molecule has 2 N–H and O–H groups in total. The van der Waals surface area contributed by atoms with Crippen molar-refractivity contribution < 1.29 is 23.9 Å². The molecule has 1 fully saturated rings. The van der Waals surface area contributed by atoms with Crippen LogP contribution in [0, 0.1) is 5.92 Å². The van der Waals surface area contributed by atoms with E-state index in [1.54, 1.807) is 0 Å². The van der Waals surface area contributed by atoms with Crippen LogP contribution < -0.4 is 10.6 Å². The normalized spacial score (nSPS) is 18.9. The molecular weight excluding hydrogens is 278 g/mol. The number of ether oxygens (including phenoxy) is 2. The summed E-state index contributed by atoms with van der Waals surface area (Å²) in [6.07, 6.45) is 1.59. The number of nitrogens with one attached hydrogen (secondary N) is 2. The minimum Gasteiger partial charge on any atom is -0.469 e. The van der Waals surface area contributed by atoms with E-state index < -0.39 is 11.9 Å². The predicted molar refractivity (Wildman–Crippen MR) is 74.6 cm³/mol. The van der Waals surface area contributed by atoms with Crippen LogP contribution in [-0.4, -0.2) is 69.8 Å². The van der Waals surface area contributed by atoms with Gasteiger partial charge in [-0.05, 0) is 19.4 Å². The summed E-state index contributed by atoms with van der Waals surface area (Å²) in [7, 11) is 2.89. The van der Waals surface area contributed by atoms with Crippen LogP contribution in [0.3, 0.4) is 0 Å². The van der Waals surface area contributed by atoms with Gasteiger partial charge in [0.05, 0.1) is 26.2 Å². The summed E-state index contributed by atoms with van der Waals surface area (Å²) in [6.45, 7) is 2.01.